The number of aliphatic hydroxyl groups is 7. The molecule has 2 heterocycles. The van der Waals surface area contributed by atoms with E-state index in [1.807, 2.05) is 0 Å². The van der Waals surface area contributed by atoms with Gasteiger partial charge in [-0.25, -0.2) is 0 Å². The molecular formula is C25H52N6O10. The highest BCUT2D eigenvalue weighted by Gasteiger charge is 2.52. The van der Waals surface area contributed by atoms with Gasteiger partial charge in [-0.2, -0.15) is 0 Å². The summed E-state index contributed by atoms with van der Waals surface area (Å²) in [6, 6.07) is -3.70. The summed E-state index contributed by atoms with van der Waals surface area (Å²) in [7, 11) is 0. The Bertz CT molecular complexity index is 758. The van der Waals surface area contributed by atoms with Crippen LogP contribution in [0.2, 0.25) is 0 Å². The first-order valence-electron chi connectivity index (χ1n) is 14.5. The van der Waals surface area contributed by atoms with Crippen molar-refractivity contribution in [3.05, 3.63) is 0 Å². The third-order valence-electron chi connectivity index (χ3n) is 8.49. The lowest BCUT2D eigenvalue weighted by Gasteiger charge is -2.51. The molecule has 0 aromatic heterocycles. The number of nitrogens with two attached hydrogens (primary N) is 4. The summed E-state index contributed by atoms with van der Waals surface area (Å²) in [5.41, 5.74) is 24.5. The van der Waals surface area contributed by atoms with E-state index in [0.717, 1.165) is 0 Å². The van der Waals surface area contributed by atoms with Gasteiger partial charge in [-0.05, 0) is 32.2 Å². The first-order valence-corrected chi connectivity index (χ1v) is 14.5. The third-order valence-corrected chi connectivity index (χ3v) is 8.49. The minimum Gasteiger partial charge on any atom is -0.395 e. The molecule has 14 unspecified atom stereocenters. The Morgan fingerprint density at radius 3 is 2.27 bits per heavy atom. The molecule has 0 aromatic carbocycles. The minimum atomic E-state index is -1.49. The fraction of sp³-hybridized carbons (Fsp3) is 1.00. The van der Waals surface area contributed by atoms with E-state index < -0.39 is 105 Å². The molecule has 0 radical (unpaired) electrons. The molecule has 3 fully saturated rings. The van der Waals surface area contributed by atoms with Crippen molar-refractivity contribution < 1.29 is 50.0 Å². The van der Waals surface area contributed by atoms with Crippen LogP contribution in [0.15, 0.2) is 0 Å². The monoisotopic (exact) mass is 596 g/mol. The van der Waals surface area contributed by atoms with Crippen LogP contribution in [0, 0.1) is 5.92 Å². The smallest absolute Gasteiger partial charge is 0.186 e. The zero-order valence-corrected chi connectivity index (χ0v) is 23.4. The maximum absolute atomic E-state index is 11.7. The predicted molar refractivity (Wildman–Crippen MR) is 146 cm³/mol. The topological polar surface area (TPSA) is 297 Å². The summed E-state index contributed by atoms with van der Waals surface area (Å²) in [6.45, 7) is -0.187. The van der Waals surface area contributed by atoms with Gasteiger partial charge in [-0.3, -0.25) is 0 Å². The highest BCUT2D eigenvalue weighted by Crippen LogP contribution is 2.36. The number of hydrogen-bond acceptors (Lipinski definition) is 16. The van der Waals surface area contributed by atoms with E-state index in [1.165, 1.54) is 0 Å². The van der Waals surface area contributed by atoms with E-state index in [0.29, 0.717) is 38.9 Å². The average Bonchev–Trinajstić information content (AvgIpc) is 2.95. The molecule has 3 aliphatic rings. The Labute approximate surface area is 240 Å². The summed E-state index contributed by atoms with van der Waals surface area (Å²) in [6.07, 6.45) is -7.26. The summed E-state index contributed by atoms with van der Waals surface area (Å²) in [4.78, 5) is 0. The van der Waals surface area contributed by atoms with E-state index in [1.54, 1.807) is 0 Å². The number of rotatable bonds is 14. The lowest BCUT2D eigenvalue weighted by Crippen LogP contribution is -2.69. The van der Waals surface area contributed by atoms with Crippen molar-refractivity contribution in [3.8, 4) is 0 Å². The van der Waals surface area contributed by atoms with E-state index >= 15 is 0 Å². The first kappa shape index (κ1) is 34.8. The molecule has 1 saturated carbocycles. The van der Waals surface area contributed by atoms with Crippen molar-refractivity contribution in [2.75, 3.05) is 39.5 Å². The van der Waals surface area contributed by atoms with Crippen LogP contribution in [0.5, 0.6) is 0 Å². The molecule has 1 aliphatic carbocycles. The third kappa shape index (κ3) is 8.72. The highest BCUT2D eigenvalue weighted by atomic mass is 16.7. The van der Waals surface area contributed by atoms with Gasteiger partial charge >= 0.3 is 0 Å². The molecular weight excluding hydrogens is 544 g/mol. The predicted octanol–water partition coefficient (Wildman–Crippen LogP) is -6.67. The Morgan fingerprint density at radius 1 is 0.927 bits per heavy atom. The fourth-order valence-corrected chi connectivity index (χ4v) is 6.09. The van der Waals surface area contributed by atoms with Crippen LogP contribution >= 0.6 is 0 Å². The number of hydrogen-bond donors (Lipinski definition) is 13. The van der Waals surface area contributed by atoms with Gasteiger partial charge in [0.15, 0.2) is 6.29 Å². The van der Waals surface area contributed by atoms with Gasteiger partial charge in [0.1, 0.15) is 24.4 Å². The van der Waals surface area contributed by atoms with Crippen molar-refractivity contribution in [3.63, 3.8) is 0 Å². The molecule has 16 heteroatoms. The number of nitrogens with one attached hydrogen (secondary N) is 2. The largest absolute Gasteiger partial charge is 0.395 e. The molecule has 16 nitrogen and oxygen atoms in total. The standard InChI is InChI=1S/C25H52N6O10/c26-4-3-12(35)6-30-7-13-1-2-14(27)23(39-13)18-15(28)5-16(31-11(8-32)9-33)24(21(18)37)41-25-22(38)19(29)20(36)17(10-34)40-25/h11-25,30-38H,1-10,26-29H2. The van der Waals surface area contributed by atoms with Crippen molar-refractivity contribution in [2.24, 2.45) is 28.9 Å². The van der Waals surface area contributed by atoms with Crippen molar-refractivity contribution >= 4 is 0 Å². The molecule has 0 aromatic rings. The molecule has 2 saturated heterocycles. The summed E-state index contributed by atoms with van der Waals surface area (Å²) >= 11 is 0. The van der Waals surface area contributed by atoms with Gasteiger partial charge in [0.2, 0.25) is 0 Å². The van der Waals surface area contributed by atoms with E-state index in [4.69, 9.17) is 37.1 Å². The SMILES string of the molecule is NCCC(O)CNCC1CCC(N)C(C2C(N)CC(NC(CO)CO)C(OC3OC(CO)C(O)C(N)C3O)C2O)O1. The van der Waals surface area contributed by atoms with Crippen LogP contribution in [0.4, 0.5) is 0 Å². The molecule has 14 atom stereocenters. The molecule has 2 aliphatic heterocycles. The lowest BCUT2D eigenvalue weighted by molar-refractivity contribution is -0.306. The van der Waals surface area contributed by atoms with Gasteiger partial charge in [-0.15, -0.1) is 0 Å². The first-order chi connectivity index (χ1) is 19.6. The zero-order valence-electron chi connectivity index (χ0n) is 23.4. The molecule has 242 valence electrons. The van der Waals surface area contributed by atoms with E-state index in [-0.39, 0.29) is 12.5 Å². The van der Waals surface area contributed by atoms with Crippen molar-refractivity contribution in [1.82, 2.24) is 10.6 Å². The van der Waals surface area contributed by atoms with Gasteiger partial charge in [-0.1, -0.05) is 0 Å². The van der Waals surface area contributed by atoms with Gasteiger partial charge in [0.25, 0.3) is 0 Å². The lowest BCUT2D eigenvalue weighted by atomic mass is 9.72. The van der Waals surface area contributed by atoms with Gasteiger partial charge < -0.3 is 83.5 Å². The normalized spacial score (nSPS) is 42.9. The second kappa shape index (κ2) is 16.4. The summed E-state index contributed by atoms with van der Waals surface area (Å²) in [5.74, 6) is -0.700. The molecule has 17 N–H and O–H groups in total. The minimum absolute atomic E-state index is 0.227. The van der Waals surface area contributed by atoms with Crippen molar-refractivity contribution in [2.45, 2.75) is 111 Å². The maximum atomic E-state index is 11.7. The highest BCUT2D eigenvalue weighted by molar-refractivity contribution is 5.05. The fourth-order valence-electron chi connectivity index (χ4n) is 6.09. The van der Waals surface area contributed by atoms with Gasteiger partial charge in [0, 0.05) is 37.1 Å². The zero-order chi connectivity index (χ0) is 30.3. The Kier molecular flexibility index (Phi) is 14.0. The van der Waals surface area contributed by atoms with Crippen LogP contribution in [0.3, 0.4) is 0 Å². The molecule has 41 heavy (non-hydrogen) atoms. The maximum Gasteiger partial charge on any atom is 0.186 e. The van der Waals surface area contributed by atoms with Crippen LogP contribution in [-0.2, 0) is 14.2 Å². The average molecular weight is 597 g/mol. The number of aliphatic hydroxyl groups excluding tert-OH is 7. The molecule has 0 spiro atoms. The van der Waals surface area contributed by atoms with Crippen LogP contribution < -0.4 is 33.6 Å². The van der Waals surface area contributed by atoms with Crippen LogP contribution in [-0.4, -0.2) is 161 Å². The quantitative estimate of drug-likeness (QED) is 0.0886. The second-order valence-corrected chi connectivity index (χ2v) is 11.5. The second-order valence-electron chi connectivity index (χ2n) is 11.5. The van der Waals surface area contributed by atoms with Crippen molar-refractivity contribution in [1.29, 1.82) is 0 Å². The van der Waals surface area contributed by atoms with Gasteiger partial charge in [0.05, 0.1) is 56.3 Å². The Balaban J connectivity index is 1.78. The number of ether oxygens (including phenoxy) is 3. The van der Waals surface area contributed by atoms with E-state index in [2.05, 4.69) is 10.6 Å². The van der Waals surface area contributed by atoms with Crippen LogP contribution in [0.1, 0.15) is 25.7 Å². The summed E-state index contributed by atoms with van der Waals surface area (Å²) in [5, 5.41) is 77.8. The molecule has 0 amide bonds. The Hall–Kier alpha value is -0.640. The van der Waals surface area contributed by atoms with Crippen LogP contribution in [0.25, 0.3) is 0 Å². The molecule has 3 rings (SSSR count). The van der Waals surface area contributed by atoms with E-state index in [9.17, 15) is 35.7 Å². The molecule has 0 bridgehead atoms. The Morgan fingerprint density at radius 2 is 1.63 bits per heavy atom. The summed E-state index contributed by atoms with van der Waals surface area (Å²) < 4.78 is 18.1.